The molecule has 0 saturated carbocycles. The summed E-state index contributed by atoms with van der Waals surface area (Å²) in [6.07, 6.45) is 0.146. The van der Waals surface area contributed by atoms with Crippen molar-refractivity contribution in [3.8, 4) is 6.07 Å². The maximum atomic E-state index is 13.0. The van der Waals surface area contributed by atoms with Crippen molar-refractivity contribution >= 4 is 21.7 Å². The lowest BCUT2D eigenvalue weighted by Crippen LogP contribution is -2.10. The first-order valence-corrected chi connectivity index (χ1v) is 5.21. The van der Waals surface area contributed by atoms with E-state index < -0.39 is 11.7 Å². The average Bonchev–Trinajstić information content (AvgIpc) is 2.15. The number of hydrogen-bond acceptors (Lipinski definition) is 2. The number of benzene rings is 1. The number of hydrogen-bond donors (Lipinski definition) is 0. The van der Waals surface area contributed by atoms with Gasteiger partial charge in [-0.1, -0.05) is 22.9 Å². The van der Waals surface area contributed by atoms with Crippen LogP contribution in [-0.2, 0) is 0 Å². The Morgan fingerprint density at radius 3 is 2.80 bits per heavy atom. The fourth-order valence-electron chi connectivity index (χ4n) is 1.21. The SMILES string of the molecule is CC(CC#N)C(=O)c1cc(F)cc(Br)c1. The molecule has 78 valence electrons. The van der Waals surface area contributed by atoms with Crippen LogP contribution in [0.15, 0.2) is 22.7 Å². The Labute approximate surface area is 95.8 Å². The van der Waals surface area contributed by atoms with Crippen LogP contribution in [0.25, 0.3) is 0 Å². The molecule has 1 aromatic carbocycles. The molecule has 1 aromatic rings. The van der Waals surface area contributed by atoms with Crippen LogP contribution in [0.1, 0.15) is 23.7 Å². The van der Waals surface area contributed by atoms with Crippen LogP contribution < -0.4 is 0 Å². The standard InChI is InChI=1S/C11H9BrFNO/c1-7(2-3-14)11(15)8-4-9(12)6-10(13)5-8/h4-7H,2H2,1H3. The van der Waals surface area contributed by atoms with Crippen LogP contribution in [0.3, 0.4) is 0 Å². The molecule has 0 aliphatic rings. The highest BCUT2D eigenvalue weighted by atomic mass is 79.9. The molecule has 0 aromatic heterocycles. The number of carbonyl (C=O) groups is 1. The summed E-state index contributed by atoms with van der Waals surface area (Å²) in [7, 11) is 0. The van der Waals surface area contributed by atoms with E-state index in [0.29, 0.717) is 10.0 Å². The molecule has 1 atom stereocenters. The van der Waals surface area contributed by atoms with Crippen molar-refractivity contribution < 1.29 is 9.18 Å². The van der Waals surface area contributed by atoms with Crippen molar-refractivity contribution in [1.82, 2.24) is 0 Å². The monoisotopic (exact) mass is 269 g/mol. The van der Waals surface area contributed by atoms with E-state index in [1.165, 1.54) is 12.1 Å². The molecule has 0 aliphatic heterocycles. The van der Waals surface area contributed by atoms with E-state index in [-0.39, 0.29) is 12.2 Å². The van der Waals surface area contributed by atoms with Gasteiger partial charge in [-0.05, 0) is 18.2 Å². The molecule has 0 saturated heterocycles. The topological polar surface area (TPSA) is 40.9 Å². The Balaban J connectivity index is 2.97. The van der Waals surface area contributed by atoms with E-state index >= 15 is 0 Å². The van der Waals surface area contributed by atoms with Gasteiger partial charge in [-0.2, -0.15) is 5.26 Å². The van der Waals surface area contributed by atoms with Crippen LogP contribution in [-0.4, -0.2) is 5.78 Å². The van der Waals surface area contributed by atoms with E-state index in [9.17, 15) is 9.18 Å². The van der Waals surface area contributed by atoms with Gasteiger partial charge in [0.1, 0.15) is 5.82 Å². The Bertz CT molecular complexity index is 405. The molecule has 0 spiro atoms. The molecule has 0 heterocycles. The first-order chi connectivity index (χ1) is 7.04. The highest BCUT2D eigenvalue weighted by Crippen LogP contribution is 2.18. The van der Waals surface area contributed by atoms with Crippen molar-refractivity contribution in [1.29, 1.82) is 5.26 Å². The summed E-state index contributed by atoms with van der Waals surface area (Å²) in [6.45, 7) is 1.66. The normalized spacial score (nSPS) is 11.9. The molecule has 4 heteroatoms. The molecule has 0 bridgehead atoms. The molecular formula is C11H9BrFNO. The van der Waals surface area contributed by atoms with Crippen LogP contribution in [0.4, 0.5) is 4.39 Å². The van der Waals surface area contributed by atoms with Gasteiger partial charge in [0.2, 0.25) is 0 Å². The van der Waals surface area contributed by atoms with Gasteiger partial charge in [0.15, 0.2) is 5.78 Å². The van der Waals surface area contributed by atoms with Gasteiger partial charge in [0.05, 0.1) is 6.07 Å². The average molecular weight is 270 g/mol. The predicted octanol–water partition coefficient (Wildman–Crippen LogP) is 3.32. The van der Waals surface area contributed by atoms with E-state index in [1.54, 1.807) is 13.0 Å². The second-order valence-corrected chi connectivity index (χ2v) is 4.20. The molecule has 0 amide bonds. The highest BCUT2D eigenvalue weighted by Gasteiger charge is 2.15. The van der Waals surface area contributed by atoms with Gasteiger partial charge < -0.3 is 0 Å². The van der Waals surface area contributed by atoms with Gasteiger partial charge in [-0.25, -0.2) is 4.39 Å². The van der Waals surface area contributed by atoms with Gasteiger partial charge in [0.25, 0.3) is 0 Å². The van der Waals surface area contributed by atoms with Crippen molar-refractivity contribution in [2.45, 2.75) is 13.3 Å². The highest BCUT2D eigenvalue weighted by molar-refractivity contribution is 9.10. The molecule has 15 heavy (non-hydrogen) atoms. The minimum atomic E-state index is -0.461. The molecule has 0 N–H and O–H groups in total. The third-order valence-electron chi connectivity index (χ3n) is 1.99. The zero-order valence-corrected chi connectivity index (χ0v) is 9.71. The lowest BCUT2D eigenvalue weighted by Gasteiger charge is -2.06. The number of nitriles is 1. The molecule has 0 fully saturated rings. The minimum absolute atomic E-state index is 0.146. The smallest absolute Gasteiger partial charge is 0.166 e. The van der Waals surface area contributed by atoms with Crippen molar-refractivity contribution in [3.63, 3.8) is 0 Å². The zero-order valence-electron chi connectivity index (χ0n) is 8.13. The molecule has 1 rings (SSSR count). The summed E-state index contributed by atoms with van der Waals surface area (Å²) >= 11 is 3.11. The van der Waals surface area contributed by atoms with Gasteiger partial charge >= 0.3 is 0 Å². The van der Waals surface area contributed by atoms with E-state index in [0.717, 1.165) is 0 Å². The third-order valence-corrected chi connectivity index (χ3v) is 2.45. The second-order valence-electron chi connectivity index (χ2n) is 3.29. The summed E-state index contributed by atoms with van der Waals surface area (Å²) in [6, 6.07) is 5.94. The predicted molar refractivity (Wildman–Crippen MR) is 57.8 cm³/mol. The number of carbonyl (C=O) groups excluding carboxylic acids is 1. The van der Waals surface area contributed by atoms with E-state index in [4.69, 9.17) is 5.26 Å². The number of Topliss-reactive ketones (excluding diaryl/α,β-unsaturated/α-hetero) is 1. The molecular weight excluding hydrogens is 261 g/mol. The quantitative estimate of drug-likeness (QED) is 0.790. The summed E-state index contributed by atoms with van der Waals surface area (Å²) in [4.78, 5) is 11.7. The molecule has 0 radical (unpaired) electrons. The zero-order chi connectivity index (χ0) is 11.4. The summed E-state index contributed by atoms with van der Waals surface area (Å²) in [5, 5.41) is 8.46. The lowest BCUT2D eigenvalue weighted by atomic mass is 9.97. The van der Waals surface area contributed by atoms with Crippen LogP contribution in [0.5, 0.6) is 0 Å². The van der Waals surface area contributed by atoms with E-state index in [2.05, 4.69) is 15.9 Å². The summed E-state index contributed by atoms with van der Waals surface area (Å²) in [5.41, 5.74) is 0.296. The van der Waals surface area contributed by atoms with E-state index in [1.807, 2.05) is 6.07 Å². The Hall–Kier alpha value is -1.21. The molecule has 2 nitrogen and oxygen atoms in total. The lowest BCUT2D eigenvalue weighted by molar-refractivity contribution is 0.0931. The number of ketones is 1. The minimum Gasteiger partial charge on any atom is -0.294 e. The number of rotatable bonds is 3. The largest absolute Gasteiger partial charge is 0.294 e. The second kappa shape index (κ2) is 5.04. The third kappa shape index (κ3) is 3.14. The van der Waals surface area contributed by atoms with Crippen molar-refractivity contribution in [3.05, 3.63) is 34.1 Å². The van der Waals surface area contributed by atoms with Gasteiger partial charge in [0, 0.05) is 22.4 Å². The number of nitrogens with zero attached hydrogens (tertiary/aromatic N) is 1. The Kier molecular flexibility index (Phi) is 3.98. The fourth-order valence-corrected chi connectivity index (χ4v) is 1.68. The maximum absolute atomic E-state index is 13.0. The van der Waals surface area contributed by atoms with Gasteiger partial charge in [-0.15, -0.1) is 0 Å². The van der Waals surface area contributed by atoms with Crippen molar-refractivity contribution in [2.75, 3.05) is 0 Å². The summed E-state index contributed by atoms with van der Waals surface area (Å²) in [5.74, 6) is -1.07. The molecule has 0 aliphatic carbocycles. The fraction of sp³-hybridized carbons (Fsp3) is 0.273. The van der Waals surface area contributed by atoms with Crippen LogP contribution in [0.2, 0.25) is 0 Å². The van der Waals surface area contributed by atoms with Crippen LogP contribution >= 0.6 is 15.9 Å². The van der Waals surface area contributed by atoms with Crippen LogP contribution in [0, 0.1) is 23.1 Å². The van der Waals surface area contributed by atoms with Crippen molar-refractivity contribution in [2.24, 2.45) is 5.92 Å². The Morgan fingerprint density at radius 1 is 1.60 bits per heavy atom. The first kappa shape index (κ1) is 11.9. The molecule has 1 unspecified atom stereocenters. The maximum Gasteiger partial charge on any atom is 0.166 e. The Morgan fingerprint density at radius 2 is 2.27 bits per heavy atom. The number of halogens is 2. The summed E-state index contributed by atoms with van der Waals surface area (Å²) < 4.78 is 13.5. The van der Waals surface area contributed by atoms with Gasteiger partial charge in [-0.3, -0.25) is 4.79 Å². The first-order valence-electron chi connectivity index (χ1n) is 4.42.